The number of nitrogens with two attached hydrogens (primary N) is 1. The highest BCUT2D eigenvalue weighted by Gasteiger charge is 2.55. The number of carbonyl (C=O) groups is 1. The van der Waals surface area contributed by atoms with Gasteiger partial charge in [0.05, 0.1) is 17.9 Å². The summed E-state index contributed by atoms with van der Waals surface area (Å²) in [4.78, 5) is 14.0. The summed E-state index contributed by atoms with van der Waals surface area (Å²) >= 11 is 0. The van der Waals surface area contributed by atoms with Gasteiger partial charge in [0.15, 0.2) is 0 Å². The third-order valence-corrected chi connectivity index (χ3v) is 2.17. The van der Waals surface area contributed by atoms with Gasteiger partial charge in [0.1, 0.15) is 0 Å². The number of halogens is 3. The molecule has 1 rings (SSSR count). The summed E-state index contributed by atoms with van der Waals surface area (Å²) in [6.45, 7) is -1.57. The van der Waals surface area contributed by atoms with Crippen LogP contribution in [0.25, 0.3) is 0 Å². The largest absolute Gasteiger partial charge is 0.425 e. The van der Waals surface area contributed by atoms with Crippen LogP contribution in [0.5, 0.6) is 0 Å². The van der Waals surface area contributed by atoms with Crippen LogP contribution in [-0.2, 0) is 5.60 Å². The molecule has 1 amide bonds. The van der Waals surface area contributed by atoms with Crippen molar-refractivity contribution in [3.8, 4) is 0 Å². The molecular weight excluding hydrogens is 241 g/mol. The zero-order valence-electron chi connectivity index (χ0n) is 8.40. The smallest absolute Gasteiger partial charge is 0.393 e. The molecule has 0 saturated heterocycles. The number of alkyl halides is 3. The molecule has 0 aliphatic heterocycles. The summed E-state index contributed by atoms with van der Waals surface area (Å²) < 4.78 is 37.5. The maximum absolute atomic E-state index is 12.5. The van der Waals surface area contributed by atoms with Gasteiger partial charge >= 0.3 is 6.18 Å². The van der Waals surface area contributed by atoms with E-state index in [9.17, 15) is 23.1 Å². The van der Waals surface area contributed by atoms with E-state index in [-0.39, 0.29) is 5.56 Å². The molecule has 1 heterocycles. The van der Waals surface area contributed by atoms with Crippen molar-refractivity contribution in [2.75, 3.05) is 6.61 Å². The van der Waals surface area contributed by atoms with Crippen LogP contribution < -0.4 is 5.73 Å². The highest BCUT2D eigenvalue weighted by Crippen LogP contribution is 2.37. The molecule has 8 heteroatoms. The monoisotopic (exact) mass is 250 g/mol. The number of aromatic nitrogens is 1. The Bertz CT molecular complexity index is 418. The molecule has 1 aromatic rings. The third-order valence-electron chi connectivity index (χ3n) is 2.17. The SMILES string of the molecule is NC(=O)c1ccc(C(O)(CO)C(F)(F)F)nc1. The fourth-order valence-corrected chi connectivity index (χ4v) is 1.10. The second kappa shape index (κ2) is 4.30. The van der Waals surface area contributed by atoms with Crippen LogP contribution >= 0.6 is 0 Å². The fourth-order valence-electron chi connectivity index (χ4n) is 1.10. The first-order chi connectivity index (χ1) is 7.72. The maximum atomic E-state index is 12.5. The summed E-state index contributed by atoms with van der Waals surface area (Å²) in [5.74, 6) is -0.858. The first-order valence-corrected chi connectivity index (χ1v) is 4.38. The molecule has 5 nitrogen and oxygen atoms in total. The lowest BCUT2D eigenvalue weighted by Crippen LogP contribution is -2.46. The topological polar surface area (TPSA) is 96.4 Å². The van der Waals surface area contributed by atoms with E-state index in [0.29, 0.717) is 0 Å². The van der Waals surface area contributed by atoms with Gasteiger partial charge in [-0.1, -0.05) is 0 Å². The highest BCUT2D eigenvalue weighted by atomic mass is 19.4. The summed E-state index contributed by atoms with van der Waals surface area (Å²) in [5.41, 5.74) is 0.514. The Balaban J connectivity index is 3.19. The summed E-state index contributed by atoms with van der Waals surface area (Å²) in [6.07, 6.45) is -4.28. The fraction of sp³-hybridized carbons (Fsp3) is 0.333. The van der Waals surface area contributed by atoms with E-state index >= 15 is 0 Å². The van der Waals surface area contributed by atoms with Crippen molar-refractivity contribution in [3.63, 3.8) is 0 Å². The minimum atomic E-state index is -5.08. The van der Waals surface area contributed by atoms with Crippen LogP contribution in [0.4, 0.5) is 13.2 Å². The molecule has 0 saturated carbocycles. The van der Waals surface area contributed by atoms with Gasteiger partial charge in [-0.15, -0.1) is 0 Å². The zero-order chi connectivity index (χ0) is 13.3. The molecule has 0 radical (unpaired) electrons. The van der Waals surface area contributed by atoms with E-state index in [1.54, 1.807) is 0 Å². The highest BCUT2D eigenvalue weighted by molar-refractivity contribution is 5.92. The molecule has 17 heavy (non-hydrogen) atoms. The Morgan fingerprint density at radius 3 is 2.29 bits per heavy atom. The number of hydrogen-bond acceptors (Lipinski definition) is 4. The number of aliphatic hydroxyl groups excluding tert-OH is 1. The maximum Gasteiger partial charge on any atom is 0.425 e. The lowest BCUT2D eigenvalue weighted by Gasteiger charge is -2.27. The van der Waals surface area contributed by atoms with Gasteiger partial charge in [0.2, 0.25) is 11.5 Å². The van der Waals surface area contributed by atoms with Crippen LogP contribution in [0.2, 0.25) is 0 Å². The van der Waals surface area contributed by atoms with Gasteiger partial charge in [-0.2, -0.15) is 13.2 Å². The molecule has 4 N–H and O–H groups in total. The summed E-state index contributed by atoms with van der Waals surface area (Å²) in [5, 5.41) is 18.0. The average molecular weight is 250 g/mol. The number of aliphatic hydroxyl groups is 2. The van der Waals surface area contributed by atoms with Gasteiger partial charge in [0, 0.05) is 6.20 Å². The van der Waals surface area contributed by atoms with Gasteiger partial charge in [-0.25, -0.2) is 0 Å². The van der Waals surface area contributed by atoms with E-state index in [2.05, 4.69) is 4.98 Å². The second-order valence-electron chi connectivity index (χ2n) is 3.31. The molecule has 0 fully saturated rings. The van der Waals surface area contributed by atoms with Gasteiger partial charge < -0.3 is 15.9 Å². The van der Waals surface area contributed by atoms with Crippen molar-refractivity contribution >= 4 is 5.91 Å². The molecule has 0 aromatic carbocycles. The van der Waals surface area contributed by atoms with Crippen LogP contribution in [0.3, 0.4) is 0 Å². The molecule has 0 aliphatic rings. The lowest BCUT2D eigenvalue weighted by molar-refractivity contribution is -0.279. The van der Waals surface area contributed by atoms with Crippen molar-refractivity contribution in [3.05, 3.63) is 29.6 Å². The molecular formula is C9H9F3N2O3. The number of nitrogens with zero attached hydrogens (tertiary/aromatic N) is 1. The predicted molar refractivity (Wildman–Crippen MR) is 49.8 cm³/mol. The summed E-state index contributed by atoms with van der Waals surface area (Å²) in [7, 11) is 0. The lowest BCUT2D eigenvalue weighted by atomic mass is 9.99. The molecule has 1 unspecified atom stereocenters. The van der Waals surface area contributed by atoms with Gasteiger partial charge in [0.25, 0.3) is 0 Å². The van der Waals surface area contributed by atoms with Crippen molar-refractivity contribution in [1.82, 2.24) is 4.98 Å². The van der Waals surface area contributed by atoms with E-state index < -0.39 is 30.0 Å². The van der Waals surface area contributed by atoms with Crippen LogP contribution in [0, 0.1) is 0 Å². The van der Waals surface area contributed by atoms with E-state index in [0.717, 1.165) is 18.3 Å². The molecule has 1 atom stereocenters. The molecule has 0 spiro atoms. The average Bonchev–Trinajstić information content (AvgIpc) is 2.26. The number of amides is 1. The number of rotatable bonds is 3. The van der Waals surface area contributed by atoms with Crippen molar-refractivity contribution in [1.29, 1.82) is 0 Å². The Kier molecular flexibility index (Phi) is 3.39. The molecule has 94 valence electrons. The quantitative estimate of drug-likeness (QED) is 0.699. The first kappa shape index (κ1) is 13.4. The second-order valence-corrected chi connectivity index (χ2v) is 3.31. The molecule has 0 bridgehead atoms. The van der Waals surface area contributed by atoms with Gasteiger partial charge in [-0.05, 0) is 12.1 Å². The predicted octanol–water partition coefficient (Wildman–Crippen LogP) is -0.0773. The zero-order valence-corrected chi connectivity index (χ0v) is 8.40. The number of hydrogen-bond donors (Lipinski definition) is 3. The van der Waals surface area contributed by atoms with Crippen LogP contribution in [-0.4, -0.2) is 33.9 Å². The normalized spacial score (nSPS) is 15.4. The summed E-state index contributed by atoms with van der Waals surface area (Å²) in [6, 6.07) is 1.76. The van der Waals surface area contributed by atoms with Gasteiger partial charge in [-0.3, -0.25) is 9.78 Å². The molecule has 0 aliphatic carbocycles. The van der Waals surface area contributed by atoms with Crippen LogP contribution in [0.15, 0.2) is 18.3 Å². The van der Waals surface area contributed by atoms with Crippen LogP contribution in [0.1, 0.15) is 16.1 Å². The molecule has 1 aromatic heterocycles. The van der Waals surface area contributed by atoms with Crippen molar-refractivity contribution in [2.24, 2.45) is 5.73 Å². The first-order valence-electron chi connectivity index (χ1n) is 4.38. The number of carbonyl (C=O) groups excluding carboxylic acids is 1. The Hall–Kier alpha value is -1.67. The Labute approximate surface area is 93.7 Å². The Morgan fingerprint density at radius 2 is 2.00 bits per heavy atom. The standard InChI is InChI=1S/C9H9F3N2O3/c10-9(11,12)8(17,4-15)6-2-1-5(3-14-6)7(13)16/h1-3,15,17H,4H2,(H2,13,16). The van der Waals surface area contributed by atoms with Crippen molar-refractivity contribution < 1.29 is 28.2 Å². The number of primary amides is 1. The van der Waals surface area contributed by atoms with E-state index in [1.165, 1.54) is 0 Å². The Morgan fingerprint density at radius 1 is 1.41 bits per heavy atom. The van der Waals surface area contributed by atoms with E-state index in [4.69, 9.17) is 10.8 Å². The minimum Gasteiger partial charge on any atom is -0.393 e. The minimum absolute atomic E-state index is 0.101. The number of pyridine rings is 1. The van der Waals surface area contributed by atoms with Crippen molar-refractivity contribution in [2.45, 2.75) is 11.8 Å². The third kappa shape index (κ3) is 2.37. The van der Waals surface area contributed by atoms with E-state index in [1.807, 2.05) is 0 Å².